The van der Waals surface area contributed by atoms with Crippen LogP contribution in [0.2, 0.25) is 0 Å². The van der Waals surface area contributed by atoms with Crippen LogP contribution >= 0.6 is 0 Å². The van der Waals surface area contributed by atoms with Crippen LogP contribution in [0.1, 0.15) is 19.3 Å². The molecule has 2 saturated heterocycles. The summed E-state index contributed by atoms with van der Waals surface area (Å²) in [7, 11) is 0. The lowest BCUT2D eigenvalue weighted by Crippen LogP contribution is -2.49. The highest BCUT2D eigenvalue weighted by atomic mass is 15.2. The van der Waals surface area contributed by atoms with E-state index in [1.807, 2.05) is 0 Å². The molecule has 1 N–H and O–H groups in total. The molecule has 2 heterocycles. The Bertz CT molecular complexity index is 102. The number of hydrogen-bond donors (Lipinski definition) is 1. The second-order valence-corrected chi connectivity index (χ2v) is 3.45. The maximum Gasteiger partial charge on any atom is 0.0195 e. The van der Waals surface area contributed by atoms with Crippen LogP contribution in [0, 0.1) is 0 Å². The predicted octanol–water partition coefficient (Wildman–Crippen LogP) is 0.444. The van der Waals surface area contributed by atoms with Crippen LogP contribution in [0.5, 0.6) is 0 Å². The summed E-state index contributed by atoms with van der Waals surface area (Å²) in [5.74, 6) is 0. The zero-order valence-electron chi connectivity index (χ0n) is 6.47. The summed E-state index contributed by atoms with van der Waals surface area (Å²) in [5, 5.41) is 3.55. The summed E-state index contributed by atoms with van der Waals surface area (Å²) >= 11 is 0. The van der Waals surface area contributed by atoms with Crippen molar-refractivity contribution >= 4 is 0 Å². The molecule has 2 aliphatic heterocycles. The Labute approximate surface area is 62.6 Å². The summed E-state index contributed by atoms with van der Waals surface area (Å²) in [6.07, 6.45) is 4.24. The number of nitrogens with one attached hydrogen (secondary N) is 1. The average Bonchev–Trinajstić information content (AvgIpc) is 2.12. The molecule has 2 aliphatic rings. The van der Waals surface area contributed by atoms with Gasteiger partial charge in [0.2, 0.25) is 0 Å². The van der Waals surface area contributed by atoms with Crippen molar-refractivity contribution in [2.24, 2.45) is 0 Å². The largest absolute Gasteiger partial charge is 0.311 e. The first-order chi connectivity index (χ1) is 4.95. The van der Waals surface area contributed by atoms with E-state index in [0.29, 0.717) is 0 Å². The number of piperazine rings is 1. The molecular weight excluding hydrogens is 124 g/mol. The molecule has 0 aromatic heterocycles. The van der Waals surface area contributed by atoms with Crippen LogP contribution in [0.3, 0.4) is 0 Å². The molecule has 2 rings (SSSR count). The first-order valence-corrected chi connectivity index (χ1v) is 4.41. The zero-order chi connectivity index (χ0) is 6.81. The van der Waals surface area contributed by atoms with Crippen molar-refractivity contribution in [2.75, 3.05) is 26.2 Å². The highest BCUT2D eigenvalue weighted by Gasteiger charge is 2.20. The van der Waals surface area contributed by atoms with Crippen molar-refractivity contribution in [1.29, 1.82) is 0 Å². The molecule has 2 fully saturated rings. The van der Waals surface area contributed by atoms with Crippen LogP contribution in [0.15, 0.2) is 0 Å². The van der Waals surface area contributed by atoms with Crippen LogP contribution in [-0.2, 0) is 0 Å². The fourth-order valence-electron chi connectivity index (χ4n) is 2.02. The van der Waals surface area contributed by atoms with E-state index in [9.17, 15) is 0 Å². The first kappa shape index (κ1) is 6.62. The Hall–Kier alpha value is -0.0800. The first-order valence-electron chi connectivity index (χ1n) is 4.41. The lowest BCUT2D eigenvalue weighted by Gasteiger charge is -2.30. The minimum atomic E-state index is 0.816. The van der Waals surface area contributed by atoms with Crippen molar-refractivity contribution in [3.63, 3.8) is 0 Å². The van der Waals surface area contributed by atoms with Gasteiger partial charge >= 0.3 is 0 Å². The molecule has 0 aliphatic carbocycles. The van der Waals surface area contributed by atoms with Crippen molar-refractivity contribution in [3.8, 4) is 0 Å². The highest BCUT2D eigenvalue weighted by molar-refractivity contribution is 4.80. The van der Waals surface area contributed by atoms with E-state index in [0.717, 1.165) is 6.04 Å². The molecule has 0 aromatic carbocycles. The third-order valence-corrected chi connectivity index (χ3v) is 2.62. The third kappa shape index (κ3) is 1.32. The molecule has 1 unspecified atom stereocenters. The van der Waals surface area contributed by atoms with Crippen molar-refractivity contribution in [1.82, 2.24) is 10.2 Å². The van der Waals surface area contributed by atoms with E-state index in [1.165, 1.54) is 45.4 Å². The van der Waals surface area contributed by atoms with E-state index in [-0.39, 0.29) is 0 Å². The van der Waals surface area contributed by atoms with Crippen molar-refractivity contribution in [2.45, 2.75) is 25.3 Å². The highest BCUT2D eigenvalue weighted by Crippen LogP contribution is 2.12. The van der Waals surface area contributed by atoms with Crippen LogP contribution in [-0.4, -0.2) is 37.1 Å². The summed E-state index contributed by atoms with van der Waals surface area (Å²) in [5.41, 5.74) is 0. The van der Waals surface area contributed by atoms with Gasteiger partial charge in [-0.15, -0.1) is 0 Å². The van der Waals surface area contributed by atoms with Gasteiger partial charge in [0.15, 0.2) is 0 Å². The van der Waals surface area contributed by atoms with E-state index >= 15 is 0 Å². The maximum absolute atomic E-state index is 3.55. The molecule has 0 aromatic rings. The summed E-state index contributed by atoms with van der Waals surface area (Å²) in [4.78, 5) is 2.59. The van der Waals surface area contributed by atoms with E-state index in [1.54, 1.807) is 0 Å². The summed E-state index contributed by atoms with van der Waals surface area (Å²) < 4.78 is 0. The van der Waals surface area contributed by atoms with Gasteiger partial charge in [0.05, 0.1) is 0 Å². The number of fused-ring (bicyclic) bond motifs is 2. The SMILES string of the molecule is C1CCN2CCN[C@@H](C1)C2. The van der Waals surface area contributed by atoms with Crippen molar-refractivity contribution in [3.05, 3.63) is 0 Å². The molecule has 0 saturated carbocycles. The van der Waals surface area contributed by atoms with Gasteiger partial charge in [0.1, 0.15) is 0 Å². The second-order valence-electron chi connectivity index (χ2n) is 3.45. The number of nitrogens with zero attached hydrogens (tertiary/aromatic N) is 1. The normalized spacial score (nSPS) is 40.8. The smallest absolute Gasteiger partial charge is 0.0195 e. The van der Waals surface area contributed by atoms with Gasteiger partial charge in [-0.3, -0.25) is 0 Å². The topological polar surface area (TPSA) is 15.3 Å². The second kappa shape index (κ2) is 2.89. The Morgan fingerprint density at radius 1 is 1.20 bits per heavy atom. The molecule has 2 bridgehead atoms. The van der Waals surface area contributed by atoms with Crippen LogP contribution in [0.25, 0.3) is 0 Å². The molecule has 2 heteroatoms. The van der Waals surface area contributed by atoms with Crippen LogP contribution < -0.4 is 5.32 Å². The average molecular weight is 140 g/mol. The van der Waals surface area contributed by atoms with Gasteiger partial charge in [0.25, 0.3) is 0 Å². The lowest BCUT2D eigenvalue weighted by atomic mass is 10.1. The Kier molecular flexibility index (Phi) is 1.91. The summed E-state index contributed by atoms with van der Waals surface area (Å²) in [6, 6.07) is 0.816. The Morgan fingerprint density at radius 2 is 2.20 bits per heavy atom. The van der Waals surface area contributed by atoms with E-state index < -0.39 is 0 Å². The molecule has 0 spiro atoms. The minimum Gasteiger partial charge on any atom is -0.311 e. The standard InChI is InChI=1S/C8H16N2/c1-2-5-10-6-4-9-8(3-1)7-10/h8-9H,1-7H2/t8-/m0/s1. The van der Waals surface area contributed by atoms with Gasteiger partial charge in [-0.2, -0.15) is 0 Å². The predicted molar refractivity (Wildman–Crippen MR) is 42.1 cm³/mol. The Morgan fingerprint density at radius 3 is 3.20 bits per heavy atom. The van der Waals surface area contributed by atoms with Gasteiger partial charge in [-0.05, 0) is 19.4 Å². The van der Waals surface area contributed by atoms with Gasteiger partial charge in [-0.1, -0.05) is 6.42 Å². The quantitative estimate of drug-likeness (QED) is 0.525. The number of rotatable bonds is 0. The van der Waals surface area contributed by atoms with Gasteiger partial charge in [0, 0.05) is 25.7 Å². The molecule has 0 amide bonds. The van der Waals surface area contributed by atoms with Gasteiger partial charge in [-0.25, -0.2) is 0 Å². The van der Waals surface area contributed by atoms with E-state index in [2.05, 4.69) is 10.2 Å². The monoisotopic (exact) mass is 140 g/mol. The maximum atomic E-state index is 3.55. The fourth-order valence-corrected chi connectivity index (χ4v) is 2.02. The summed E-state index contributed by atoms with van der Waals surface area (Å²) in [6.45, 7) is 5.14. The molecule has 2 nitrogen and oxygen atoms in total. The van der Waals surface area contributed by atoms with Gasteiger partial charge < -0.3 is 10.2 Å². The molecule has 2 atom stereocenters. The molecule has 58 valence electrons. The fraction of sp³-hybridized carbons (Fsp3) is 1.00. The molecule has 10 heavy (non-hydrogen) atoms. The third-order valence-electron chi connectivity index (χ3n) is 2.62. The zero-order valence-corrected chi connectivity index (χ0v) is 6.47. The van der Waals surface area contributed by atoms with E-state index in [4.69, 9.17) is 0 Å². The number of hydrogen-bond acceptors (Lipinski definition) is 2. The Balaban J connectivity index is 1.96. The van der Waals surface area contributed by atoms with Crippen LogP contribution in [0.4, 0.5) is 0 Å². The minimum absolute atomic E-state index is 0.816. The van der Waals surface area contributed by atoms with Crippen molar-refractivity contribution < 1.29 is 0 Å². The molecule has 0 radical (unpaired) electrons. The lowest BCUT2D eigenvalue weighted by molar-refractivity contribution is 0.217. The molecular formula is C8H16N2.